The summed E-state index contributed by atoms with van der Waals surface area (Å²) < 4.78 is 5.81. The Balaban J connectivity index is 1.43. The minimum atomic E-state index is 0.0801. The fourth-order valence-corrected chi connectivity index (χ4v) is 3.83. The zero-order valence-corrected chi connectivity index (χ0v) is 13.8. The van der Waals surface area contributed by atoms with Gasteiger partial charge in [0.05, 0.1) is 6.54 Å². The van der Waals surface area contributed by atoms with Crippen molar-refractivity contribution in [3.05, 3.63) is 11.8 Å². The van der Waals surface area contributed by atoms with Crippen LogP contribution in [0.1, 0.15) is 49.8 Å². The number of rotatable bonds is 3. The summed E-state index contributed by atoms with van der Waals surface area (Å²) in [6.07, 6.45) is 4.90. The van der Waals surface area contributed by atoms with E-state index in [-0.39, 0.29) is 11.4 Å². The van der Waals surface area contributed by atoms with E-state index in [4.69, 9.17) is 4.42 Å². The number of carbonyl (C=O) groups is 1. The summed E-state index contributed by atoms with van der Waals surface area (Å²) >= 11 is 0. The van der Waals surface area contributed by atoms with Crippen LogP contribution >= 0.6 is 0 Å². The molecule has 7 heteroatoms. The van der Waals surface area contributed by atoms with E-state index in [0.29, 0.717) is 12.3 Å². The average Bonchev–Trinajstić information content (AvgIpc) is 3.31. The fourth-order valence-electron chi connectivity index (χ4n) is 3.83. The molecule has 1 N–H and O–H groups in total. The minimum Gasteiger partial charge on any atom is -0.424 e. The summed E-state index contributed by atoms with van der Waals surface area (Å²) in [6, 6.07) is 0. The fraction of sp³-hybridized carbons (Fsp3) is 0.812. The largest absolute Gasteiger partial charge is 0.424 e. The van der Waals surface area contributed by atoms with Gasteiger partial charge in [-0.05, 0) is 32.7 Å². The molecule has 1 aromatic heterocycles. The minimum absolute atomic E-state index is 0.0801. The zero-order chi connectivity index (χ0) is 15.9. The quantitative estimate of drug-likeness (QED) is 0.885. The molecule has 0 unspecified atom stereocenters. The van der Waals surface area contributed by atoms with Gasteiger partial charge in [0.1, 0.15) is 0 Å². The highest BCUT2D eigenvalue weighted by molar-refractivity contribution is 5.76. The molecule has 23 heavy (non-hydrogen) atoms. The standard InChI is InChI=1S/C16H25N5O2/c1-20-8-9-21(10-14-18-19-15(23-14)12-2-3-12)11-16(20)5-4-13(22)17-7-6-16/h12H,2-11H2,1H3,(H,17,22)/t16-/m0/s1. The number of carbonyl (C=O) groups excluding carboxylic acids is 1. The van der Waals surface area contributed by atoms with E-state index < -0.39 is 0 Å². The van der Waals surface area contributed by atoms with Gasteiger partial charge in [-0.1, -0.05) is 0 Å². The molecule has 1 atom stereocenters. The third-order valence-electron chi connectivity index (χ3n) is 5.58. The molecular weight excluding hydrogens is 294 g/mol. The average molecular weight is 319 g/mol. The highest BCUT2D eigenvalue weighted by Gasteiger charge is 2.41. The van der Waals surface area contributed by atoms with Gasteiger partial charge >= 0.3 is 0 Å². The predicted octanol–water partition coefficient (Wildman–Crippen LogP) is 0.733. The Morgan fingerprint density at radius 3 is 3.00 bits per heavy atom. The Hall–Kier alpha value is -1.47. The first kappa shape index (κ1) is 15.1. The molecule has 2 aliphatic heterocycles. The van der Waals surface area contributed by atoms with Gasteiger partial charge in [0.2, 0.25) is 17.7 Å². The lowest BCUT2D eigenvalue weighted by Gasteiger charge is -2.49. The topological polar surface area (TPSA) is 74.5 Å². The number of piperazine rings is 1. The Labute approximate surface area is 136 Å². The van der Waals surface area contributed by atoms with Gasteiger partial charge in [0.25, 0.3) is 0 Å². The van der Waals surface area contributed by atoms with Gasteiger partial charge in [-0.3, -0.25) is 14.6 Å². The smallest absolute Gasteiger partial charge is 0.230 e. The Morgan fingerprint density at radius 2 is 2.17 bits per heavy atom. The number of hydrogen-bond acceptors (Lipinski definition) is 6. The Kier molecular flexibility index (Phi) is 3.85. The summed E-state index contributed by atoms with van der Waals surface area (Å²) in [4.78, 5) is 16.5. The zero-order valence-electron chi connectivity index (χ0n) is 13.8. The first-order chi connectivity index (χ1) is 11.1. The number of nitrogens with zero attached hydrogens (tertiary/aromatic N) is 4. The lowest BCUT2D eigenvalue weighted by Crippen LogP contribution is -2.60. The van der Waals surface area contributed by atoms with E-state index in [1.165, 1.54) is 12.8 Å². The molecule has 1 saturated carbocycles. The molecule has 0 aromatic carbocycles. The van der Waals surface area contributed by atoms with Crippen molar-refractivity contribution in [3.8, 4) is 0 Å². The van der Waals surface area contributed by atoms with E-state index in [0.717, 1.165) is 57.3 Å². The van der Waals surface area contributed by atoms with Gasteiger partial charge in [-0.25, -0.2) is 0 Å². The third-order valence-corrected chi connectivity index (χ3v) is 5.58. The molecule has 1 spiro atoms. The summed E-state index contributed by atoms with van der Waals surface area (Å²) in [5, 5.41) is 11.4. The first-order valence-corrected chi connectivity index (χ1v) is 8.67. The molecule has 0 radical (unpaired) electrons. The van der Waals surface area contributed by atoms with Crippen LogP contribution in [0.3, 0.4) is 0 Å². The molecule has 7 nitrogen and oxygen atoms in total. The maximum atomic E-state index is 11.7. The second kappa shape index (κ2) is 5.87. The van der Waals surface area contributed by atoms with Gasteiger partial charge in [-0.2, -0.15) is 0 Å². The van der Waals surface area contributed by atoms with Crippen LogP contribution in [-0.4, -0.2) is 64.7 Å². The van der Waals surface area contributed by atoms with Crippen molar-refractivity contribution in [2.75, 3.05) is 33.2 Å². The van der Waals surface area contributed by atoms with Crippen LogP contribution < -0.4 is 5.32 Å². The van der Waals surface area contributed by atoms with Crippen LogP contribution in [0.5, 0.6) is 0 Å². The summed E-state index contributed by atoms with van der Waals surface area (Å²) in [6.45, 7) is 4.46. The summed E-state index contributed by atoms with van der Waals surface area (Å²) in [7, 11) is 2.19. The number of likely N-dealkylation sites (N-methyl/N-ethyl adjacent to an activating group) is 1. The summed E-state index contributed by atoms with van der Waals surface area (Å²) in [5.74, 6) is 2.23. The van der Waals surface area contributed by atoms with E-state index in [9.17, 15) is 4.79 Å². The number of hydrogen-bond donors (Lipinski definition) is 1. The van der Waals surface area contributed by atoms with Crippen molar-refractivity contribution < 1.29 is 9.21 Å². The number of amides is 1. The van der Waals surface area contributed by atoms with Gasteiger partial charge < -0.3 is 9.73 Å². The maximum absolute atomic E-state index is 11.7. The van der Waals surface area contributed by atoms with E-state index in [1.54, 1.807) is 0 Å². The molecule has 3 heterocycles. The lowest BCUT2D eigenvalue weighted by molar-refractivity contribution is -0.121. The van der Waals surface area contributed by atoms with Crippen LogP contribution in [0.15, 0.2) is 4.42 Å². The molecule has 1 aromatic rings. The van der Waals surface area contributed by atoms with Crippen molar-refractivity contribution in [2.45, 2.75) is 50.1 Å². The molecule has 1 amide bonds. The van der Waals surface area contributed by atoms with Crippen LogP contribution in [0.4, 0.5) is 0 Å². The normalized spacial score (nSPS) is 30.4. The molecule has 4 rings (SSSR count). The van der Waals surface area contributed by atoms with Gasteiger partial charge in [-0.15, -0.1) is 10.2 Å². The molecule has 2 saturated heterocycles. The second-order valence-electron chi connectivity index (χ2n) is 7.26. The lowest BCUT2D eigenvalue weighted by atomic mass is 9.86. The predicted molar refractivity (Wildman–Crippen MR) is 83.8 cm³/mol. The van der Waals surface area contributed by atoms with Crippen molar-refractivity contribution in [1.82, 2.24) is 25.3 Å². The monoisotopic (exact) mass is 319 g/mol. The Bertz CT molecular complexity index is 585. The van der Waals surface area contributed by atoms with Gasteiger partial charge in [0.15, 0.2) is 0 Å². The van der Waals surface area contributed by atoms with E-state index in [2.05, 4.69) is 32.4 Å². The molecule has 3 aliphatic rings. The highest BCUT2D eigenvalue weighted by Crippen LogP contribution is 2.39. The third kappa shape index (κ3) is 3.12. The van der Waals surface area contributed by atoms with Crippen LogP contribution in [0.25, 0.3) is 0 Å². The molecule has 126 valence electrons. The molecule has 1 aliphatic carbocycles. The highest BCUT2D eigenvalue weighted by atomic mass is 16.4. The van der Waals surface area contributed by atoms with Crippen molar-refractivity contribution in [1.29, 1.82) is 0 Å². The molecule has 0 bridgehead atoms. The van der Waals surface area contributed by atoms with Crippen LogP contribution in [0.2, 0.25) is 0 Å². The first-order valence-electron chi connectivity index (χ1n) is 8.67. The van der Waals surface area contributed by atoms with Gasteiger partial charge in [0, 0.05) is 44.1 Å². The van der Waals surface area contributed by atoms with Crippen LogP contribution in [0, 0.1) is 0 Å². The van der Waals surface area contributed by atoms with E-state index >= 15 is 0 Å². The SMILES string of the molecule is CN1CCN(Cc2nnc(C3CC3)o2)C[C@]12CCNC(=O)CC2. The summed E-state index contributed by atoms with van der Waals surface area (Å²) in [5.41, 5.74) is 0.0801. The molecular formula is C16H25N5O2. The van der Waals surface area contributed by atoms with E-state index in [1.807, 2.05) is 0 Å². The molecule has 3 fully saturated rings. The number of aromatic nitrogens is 2. The van der Waals surface area contributed by atoms with Crippen molar-refractivity contribution in [2.24, 2.45) is 0 Å². The maximum Gasteiger partial charge on any atom is 0.230 e. The van der Waals surface area contributed by atoms with Crippen molar-refractivity contribution in [3.63, 3.8) is 0 Å². The van der Waals surface area contributed by atoms with Crippen LogP contribution in [-0.2, 0) is 11.3 Å². The second-order valence-corrected chi connectivity index (χ2v) is 7.26. The number of nitrogens with one attached hydrogen (secondary N) is 1. The van der Waals surface area contributed by atoms with Crippen molar-refractivity contribution >= 4 is 5.91 Å². The Morgan fingerprint density at radius 1 is 1.30 bits per heavy atom.